The van der Waals surface area contributed by atoms with E-state index in [0.29, 0.717) is 6.42 Å². The lowest BCUT2D eigenvalue weighted by Gasteiger charge is -1.92. The van der Waals surface area contributed by atoms with Gasteiger partial charge in [-0.05, 0) is 20.3 Å². The van der Waals surface area contributed by atoms with E-state index in [4.69, 9.17) is 0 Å². The Kier molecular flexibility index (Phi) is 9.82. The Morgan fingerprint density at radius 3 is 1.46 bits per heavy atom. The number of Topliss-reactive ketones (excluding diaryl/α,β-unsaturated/α-hetero) is 2. The number of carboxylic acid groups (broad SMARTS) is 1. The Morgan fingerprint density at radius 2 is 1.46 bits per heavy atom. The molecule has 0 radical (unpaired) electrons. The number of hydrogen-bond acceptors (Lipinski definition) is 4. The van der Waals surface area contributed by atoms with Crippen LogP contribution in [0.25, 0.3) is 0 Å². The number of carboxylic acids is 1. The quantitative estimate of drug-likeness (QED) is 0.584. The molecule has 4 nitrogen and oxygen atoms in total. The number of ketones is 2. The van der Waals surface area contributed by atoms with Gasteiger partial charge in [0.25, 0.3) is 0 Å². The Balaban J connectivity index is 0. The third-order valence-corrected chi connectivity index (χ3v) is 0.952. The Labute approximate surface area is 77.9 Å². The van der Waals surface area contributed by atoms with Gasteiger partial charge in [-0.3, -0.25) is 9.59 Å². The van der Waals surface area contributed by atoms with Crippen molar-refractivity contribution in [1.82, 2.24) is 0 Å². The largest absolute Gasteiger partial charge is 0.550 e. The molecule has 0 amide bonds. The lowest BCUT2D eigenvalue weighted by atomic mass is 10.2. The minimum atomic E-state index is -0.961. The molecule has 0 heterocycles. The van der Waals surface area contributed by atoms with Crippen LogP contribution >= 0.6 is 0 Å². The molecular weight excluding hydrogens is 172 g/mol. The standard InChI is InChI=1S/C5H8O2.C4H8O2/c1-4(6)3-5(2)7;1-2-3-4(5)6/h3H2,1-2H3;2-3H2,1H3,(H,5,6)/p-1. The summed E-state index contributed by atoms with van der Waals surface area (Å²) in [6.45, 7) is 4.61. The van der Waals surface area contributed by atoms with Crippen LogP contribution in [-0.2, 0) is 14.4 Å². The number of aliphatic carboxylic acids is 1. The fourth-order valence-electron chi connectivity index (χ4n) is 0.555. The summed E-state index contributed by atoms with van der Waals surface area (Å²) in [5.41, 5.74) is 0. The first-order chi connectivity index (χ1) is 5.90. The van der Waals surface area contributed by atoms with Crippen LogP contribution < -0.4 is 5.11 Å². The number of hydrogen-bond donors (Lipinski definition) is 0. The second-order valence-electron chi connectivity index (χ2n) is 2.70. The molecule has 0 bridgehead atoms. The summed E-state index contributed by atoms with van der Waals surface area (Å²) in [4.78, 5) is 29.6. The molecule has 0 aromatic heterocycles. The predicted octanol–water partition coefficient (Wildman–Crippen LogP) is 0.0909. The highest BCUT2D eigenvalue weighted by molar-refractivity contribution is 5.96. The smallest absolute Gasteiger partial charge is 0.137 e. The third-order valence-electron chi connectivity index (χ3n) is 0.952. The Bertz CT molecular complexity index is 172. The van der Waals surface area contributed by atoms with Gasteiger partial charge >= 0.3 is 0 Å². The van der Waals surface area contributed by atoms with Crippen LogP contribution in [-0.4, -0.2) is 17.5 Å². The maximum absolute atomic E-state index is 10.0. The van der Waals surface area contributed by atoms with Crippen molar-refractivity contribution >= 4 is 17.5 Å². The molecule has 0 aliphatic carbocycles. The first kappa shape index (κ1) is 14.3. The topological polar surface area (TPSA) is 74.3 Å². The molecule has 0 atom stereocenters. The van der Waals surface area contributed by atoms with Crippen LogP contribution in [0.5, 0.6) is 0 Å². The summed E-state index contributed by atoms with van der Waals surface area (Å²) in [6.07, 6.45) is 0.933. The lowest BCUT2D eigenvalue weighted by Crippen LogP contribution is -2.20. The highest BCUT2D eigenvalue weighted by Gasteiger charge is 1.94. The highest BCUT2D eigenvalue weighted by atomic mass is 16.4. The van der Waals surface area contributed by atoms with Crippen LogP contribution in [0.3, 0.4) is 0 Å². The predicted molar refractivity (Wildman–Crippen MR) is 45.9 cm³/mol. The van der Waals surface area contributed by atoms with E-state index >= 15 is 0 Å². The lowest BCUT2D eigenvalue weighted by molar-refractivity contribution is -0.305. The van der Waals surface area contributed by atoms with Crippen molar-refractivity contribution in [3.8, 4) is 0 Å². The van der Waals surface area contributed by atoms with Gasteiger partial charge in [0.15, 0.2) is 0 Å². The van der Waals surface area contributed by atoms with Crippen molar-refractivity contribution in [2.45, 2.75) is 40.0 Å². The maximum atomic E-state index is 10.0. The second-order valence-corrected chi connectivity index (χ2v) is 2.70. The molecule has 0 saturated heterocycles. The number of rotatable bonds is 4. The highest BCUT2D eigenvalue weighted by Crippen LogP contribution is 1.80. The summed E-state index contributed by atoms with van der Waals surface area (Å²) in [6, 6.07) is 0. The molecule has 0 fully saturated rings. The van der Waals surface area contributed by atoms with E-state index in [9.17, 15) is 19.5 Å². The van der Waals surface area contributed by atoms with Gasteiger partial charge in [-0.1, -0.05) is 13.3 Å². The van der Waals surface area contributed by atoms with Crippen LogP contribution in [0.15, 0.2) is 0 Å². The van der Waals surface area contributed by atoms with Crippen molar-refractivity contribution in [2.24, 2.45) is 0 Å². The summed E-state index contributed by atoms with van der Waals surface area (Å²) in [7, 11) is 0. The Hall–Kier alpha value is -1.19. The van der Waals surface area contributed by atoms with Crippen molar-refractivity contribution in [1.29, 1.82) is 0 Å². The number of carbonyl (C=O) groups excluding carboxylic acids is 3. The van der Waals surface area contributed by atoms with Crippen LogP contribution in [0.2, 0.25) is 0 Å². The molecule has 0 N–H and O–H groups in total. The van der Waals surface area contributed by atoms with Crippen molar-refractivity contribution in [3.63, 3.8) is 0 Å². The number of carbonyl (C=O) groups is 3. The third kappa shape index (κ3) is 24.9. The van der Waals surface area contributed by atoms with Crippen LogP contribution in [0.4, 0.5) is 0 Å². The van der Waals surface area contributed by atoms with Crippen LogP contribution in [0, 0.1) is 0 Å². The summed E-state index contributed by atoms with van der Waals surface area (Å²) >= 11 is 0. The average molecular weight is 187 g/mol. The van der Waals surface area contributed by atoms with E-state index in [1.165, 1.54) is 13.8 Å². The summed E-state index contributed by atoms with van der Waals surface area (Å²) < 4.78 is 0. The van der Waals surface area contributed by atoms with Gasteiger partial charge in [0.1, 0.15) is 11.6 Å². The molecule has 0 saturated carbocycles. The fraction of sp³-hybridized carbons (Fsp3) is 0.667. The minimum Gasteiger partial charge on any atom is -0.550 e. The molecule has 0 unspecified atom stereocenters. The Morgan fingerprint density at radius 1 is 1.08 bits per heavy atom. The van der Waals surface area contributed by atoms with Crippen molar-refractivity contribution in [3.05, 3.63) is 0 Å². The second kappa shape index (κ2) is 8.90. The molecule has 0 rings (SSSR count). The van der Waals surface area contributed by atoms with Gasteiger partial charge < -0.3 is 9.90 Å². The molecule has 76 valence electrons. The van der Waals surface area contributed by atoms with Crippen LogP contribution in [0.1, 0.15) is 40.0 Å². The first-order valence-corrected chi connectivity index (χ1v) is 4.08. The molecule has 4 heteroatoms. The SMILES string of the molecule is CC(=O)CC(C)=O.CCCC(=O)[O-]. The summed E-state index contributed by atoms with van der Waals surface area (Å²) in [5, 5.41) is 9.49. The molecule has 0 aliphatic heterocycles. The zero-order chi connectivity index (χ0) is 10.9. The first-order valence-electron chi connectivity index (χ1n) is 4.08. The van der Waals surface area contributed by atoms with Gasteiger partial charge in [0.2, 0.25) is 0 Å². The molecular formula is C9H15O4-. The molecule has 0 spiro atoms. The molecule has 0 aromatic rings. The zero-order valence-electron chi connectivity index (χ0n) is 8.25. The van der Waals surface area contributed by atoms with Gasteiger partial charge in [0, 0.05) is 5.97 Å². The maximum Gasteiger partial charge on any atom is 0.137 e. The van der Waals surface area contributed by atoms with Gasteiger partial charge in [0.05, 0.1) is 6.42 Å². The van der Waals surface area contributed by atoms with E-state index in [1.807, 2.05) is 0 Å². The van der Waals surface area contributed by atoms with Gasteiger partial charge in [-0.25, -0.2) is 0 Å². The van der Waals surface area contributed by atoms with E-state index in [0.717, 1.165) is 0 Å². The van der Waals surface area contributed by atoms with Gasteiger partial charge in [-0.2, -0.15) is 0 Å². The molecule has 0 aromatic carbocycles. The minimum absolute atomic E-state index is 0.0625. The van der Waals surface area contributed by atoms with E-state index < -0.39 is 5.97 Å². The van der Waals surface area contributed by atoms with Crippen molar-refractivity contribution < 1.29 is 19.5 Å². The average Bonchev–Trinajstić information content (AvgIpc) is 1.83. The monoisotopic (exact) mass is 187 g/mol. The molecule has 13 heavy (non-hydrogen) atoms. The van der Waals surface area contributed by atoms with Crippen molar-refractivity contribution in [2.75, 3.05) is 0 Å². The summed E-state index contributed by atoms with van der Waals surface area (Å²) in [5.74, 6) is -1.09. The normalized spacial score (nSPS) is 8.23. The molecule has 0 aliphatic rings. The fourth-order valence-corrected chi connectivity index (χ4v) is 0.555. The van der Waals surface area contributed by atoms with E-state index in [2.05, 4.69) is 0 Å². The zero-order valence-corrected chi connectivity index (χ0v) is 8.25. The van der Waals surface area contributed by atoms with Gasteiger partial charge in [-0.15, -0.1) is 0 Å². The van der Waals surface area contributed by atoms with E-state index in [1.54, 1.807) is 6.92 Å². The van der Waals surface area contributed by atoms with E-state index in [-0.39, 0.29) is 24.4 Å².